The van der Waals surface area contributed by atoms with Crippen LogP contribution in [-0.2, 0) is 27.9 Å². The number of thiocarbonyl (C=S) groups is 1. The van der Waals surface area contributed by atoms with E-state index in [0.717, 1.165) is 0 Å². The third-order valence-corrected chi connectivity index (χ3v) is 5.34. The lowest BCUT2D eigenvalue weighted by atomic mass is 10.1. The molecule has 0 aliphatic carbocycles. The Morgan fingerprint density at radius 2 is 2.03 bits per heavy atom. The number of nitrogens with zero attached hydrogens (tertiary/aromatic N) is 4. The monoisotopic (exact) mass is 447 g/mol. The molecule has 1 aliphatic heterocycles. The van der Waals surface area contributed by atoms with Crippen molar-refractivity contribution in [2.45, 2.75) is 25.9 Å². The summed E-state index contributed by atoms with van der Waals surface area (Å²) in [5.41, 5.74) is 1.00. The molecule has 2 aromatic rings. The number of esters is 1. The van der Waals surface area contributed by atoms with Crippen molar-refractivity contribution in [2.24, 2.45) is 7.05 Å². The number of nitrogens with one attached hydrogen (secondary N) is 1. The summed E-state index contributed by atoms with van der Waals surface area (Å²) < 4.78 is 10.5. The van der Waals surface area contributed by atoms with Crippen LogP contribution in [0.2, 0.25) is 0 Å². The first-order chi connectivity index (χ1) is 14.8. The van der Waals surface area contributed by atoms with Crippen molar-refractivity contribution in [3.8, 4) is 5.95 Å². The maximum atomic E-state index is 12.8. The predicted molar refractivity (Wildman–Crippen MR) is 107 cm³/mol. The van der Waals surface area contributed by atoms with E-state index in [1.165, 1.54) is 33.7 Å². The Balaban J connectivity index is 1.75. The Morgan fingerprint density at radius 3 is 2.58 bits per heavy atom. The average Bonchev–Trinajstić information content (AvgIpc) is 3.18. The summed E-state index contributed by atoms with van der Waals surface area (Å²) in [5.74, 6) is -1.87. The van der Waals surface area contributed by atoms with Gasteiger partial charge >= 0.3 is 5.97 Å². The molecule has 164 valence electrons. The molecule has 2 heterocycles. The van der Waals surface area contributed by atoms with E-state index in [-0.39, 0.29) is 29.7 Å². The lowest BCUT2D eigenvalue weighted by Crippen LogP contribution is -2.42. The molecular weight excluding hydrogens is 426 g/mol. The Hall–Kier alpha value is -3.54. The molecule has 31 heavy (non-hydrogen) atoms. The van der Waals surface area contributed by atoms with E-state index < -0.39 is 23.9 Å². The fourth-order valence-electron chi connectivity index (χ4n) is 3.22. The molecule has 1 unspecified atom stereocenters. The molecule has 11 nitrogen and oxygen atoms in total. The summed E-state index contributed by atoms with van der Waals surface area (Å²) in [6.07, 6.45) is -0.183. The molecule has 1 atom stereocenters. The first kappa shape index (κ1) is 22.2. The van der Waals surface area contributed by atoms with Crippen LogP contribution in [0.5, 0.6) is 5.95 Å². The number of hydrogen-bond donors (Lipinski definition) is 1. The molecule has 1 fully saturated rings. The smallest absolute Gasteiger partial charge is 0.337 e. The van der Waals surface area contributed by atoms with Gasteiger partial charge < -0.3 is 24.6 Å². The third-order valence-electron chi connectivity index (χ3n) is 4.88. The highest BCUT2D eigenvalue weighted by atomic mass is 32.1. The number of ether oxygens (including phenoxy) is 1. The van der Waals surface area contributed by atoms with Gasteiger partial charge in [-0.3, -0.25) is 14.5 Å². The number of aryl methyl sites for hydroxylation is 1. The number of hydrogen-bond acceptors (Lipinski definition) is 8. The summed E-state index contributed by atoms with van der Waals surface area (Å²) in [5, 5.41) is 18.4. The SMILES string of the molecule is CCN1C(=O)C(CC(=O)Nc2ccc(C(=O)OC)cc2)N(Cc2c([O-])on[n+]2C)C1=S. The molecule has 0 radical (unpaired) electrons. The minimum Gasteiger partial charge on any atom is -0.539 e. The van der Waals surface area contributed by atoms with Gasteiger partial charge in [0.1, 0.15) is 12.6 Å². The number of benzene rings is 1. The normalized spacial score (nSPS) is 16.0. The fourth-order valence-corrected chi connectivity index (χ4v) is 3.63. The molecule has 1 N–H and O–H groups in total. The van der Waals surface area contributed by atoms with Crippen LogP contribution in [0.15, 0.2) is 28.8 Å². The summed E-state index contributed by atoms with van der Waals surface area (Å²) >= 11 is 5.40. The molecule has 1 aromatic carbocycles. The van der Waals surface area contributed by atoms with E-state index >= 15 is 0 Å². The molecule has 3 rings (SSSR count). The zero-order chi connectivity index (χ0) is 22.7. The van der Waals surface area contributed by atoms with Crippen molar-refractivity contribution in [1.29, 1.82) is 0 Å². The second-order valence-electron chi connectivity index (χ2n) is 6.76. The van der Waals surface area contributed by atoms with Gasteiger partial charge in [0.2, 0.25) is 5.91 Å². The van der Waals surface area contributed by atoms with Gasteiger partial charge in [0, 0.05) is 12.2 Å². The van der Waals surface area contributed by atoms with Gasteiger partial charge in [-0.25, -0.2) is 4.79 Å². The Kier molecular flexibility index (Phi) is 6.49. The van der Waals surface area contributed by atoms with Gasteiger partial charge in [0.05, 0.1) is 24.4 Å². The first-order valence-corrected chi connectivity index (χ1v) is 9.79. The molecular formula is C19H21N5O6S. The summed E-state index contributed by atoms with van der Waals surface area (Å²) in [4.78, 5) is 39.9. The van der Waals surface area contributed by atoms with Crippen LogP contribution < -0.4 is 15.1 Å². The minimum atomic E-state index is -0.879. The van der Waals surface area contributed by atoms with Crippen molar-refractivity contribution in [3.05, 3.63) is 35.5 Å². The summed E-state index contributed by atoms with van der Waals surface area (Å²) in [6, 6.07) is 5.27. The van der Waals surface area contributed by atoms with Crippen molar-refractivity contribution in [2.75, 3.05) is 19.0 Å². The van der Waals surface area contributed by atoms with Crippen molar-refractivity contribution < 1.29 is 33.4 Å². The number of aromatic nitrogens is 2. The van der Waals surface area contributed by atoms with Gasteiger partial charge in [-0.2, -0.15) is 0 Å². The molecule has 12 heteroatoms. The number of amides is 2. The highest BCUT2D eigenvalue weighted by Crippen LogP contribution is 2.24. The van der Waals surface area contributed by atoms with Gasteiger partial charge in [0.15, 0.2) is 18.1 Å². The number of methoxy groups -OCH3 is 1. The van der Waals surface area contributed by atoms with E-state index in [1.807, 2.05) is 0 Å². The van der Waals surface area contributed by atoms with E-state index in [2.05, 4.69) is 19.8 Å². The van der Waals surface area contributed by atoms with Crippen molar-refractivity contribution >= 4 is 40.8 Å². The second kappa shape index (κ2) is 9.08. The second-order valence-corrected chi connectivity index (χ2v) is 7.13. The first-order valence-electron chi connectivity index (χ1n) is 9.38. The van der Waals surface area contributed by atoms with Crippen LogP contribution in [0.3, 0.4) is 0 Å². The minimum absolute atomic E-state index is 0.0221. The van der Waals surface area contributed by atoms with Crippen molar-refractivity contribution in [1.82, 2.24) is 15.1 Å². The number of anilines is 1. The Morgan fingerprint density at radius 1 is 1.35 bits per heavy atom. The van der Waals surface area contributed by atoms with Gasteiger partial charge in [0.25, 0.3) is 11.6 Å². The predicted octanol–water partition coefficient (Wildman–Crippen LogP) is -0.294. The molecule has 1 saturated heterocycles. The lowest BCUT2D eigenvalue weighted by molar-refractivity contribution is -0.746. The summed E-state index contributed by atoms with van der Waals surface area (Å²) in [7, 11) is 2.82. The van der Waals surface area contributed by atoms with Gasteiger partial charge in [-0.05, 0) is 43.4 Å². The Labute approximate surface area is 183 Å². The molecule has 0 saturated carbocycles. The van der Waals surface area contributed by atoms with Crippen LogP contribution in [0.25, 0.3) is 0 Å². The quantitative estimate of drug-likeness (QED) is 0.345. The zero-order valence-corrected chi connectivity index (χ0v) is 18.0. The average molecular weight is 447 g/mol. The van der Waals surface area contributed by atoms with Crippen LogP contribution in [0.1, 0.15) is 29.4 Å². The van der Waals surface area contributed by atoms with E-state index in [1.54, 1.807) is 26.1 Å². The van der Waals surface area contributed by atoms with Gasteiger partial charge in [-0.15, -0.1) is 0 Å². The number of rotatable bonds is 7. The number of carbonyl (C=O) groups is 3. The van der Waals surface area contributed by atoms with Crippen LogP contribution in [0.4, 0.5) is 5.69 Å². The summed E-state index contributed by atoms with van der Waals surface area (Å²) in [6.45, 7) is 2.08. The Bertz CT molecular complexity index is 1000. The van der Waals surface area contributed by atoms with E-state index in [9.17, 15) is 19.5 Å². The van der Waals surface area contributed by atoms with Crippen LogP contribution >= 0.6 is 12.2 Å². The molecule has 1 aromatic heterocycles. The van der Waals surface area contributed by atoms with Crippen LogP contribution in [-0.4, -0.2) is 57.7 Å². The highest BCUT2D eigenvalue weighted by molar-refractivity contribution is 7.80. The van der Waals surface area contributed by atoms with E-state index in [0.29, 0.717) is 17.8 Å². The molecule has 2 amide bonds. The molecule has 0 spiro atoms. The third kappa shape index (κ3) is 4.48. The lowest BCUT2D eigenvalue weighted by Gasteiger charge is -2.22. The van der Waals surface area contributed by atoms with Gasteiger partial charge in [-0.1, -0.05) is 4.68 Å². The number of likely N-dealkylation sites (N-methyl/N-ethyl adjacent to an activating group) is 1. The van der Waals surface area contributed by atoms with Crippen LogP contribution in [0, 0.1) is 0 Å². The zero-order valence-electron chi connectivity index (χ0n) is 17.2. The topological polar surface area (TPSA) is 132 Å². The standard InChI is InChI=1S/C19H21N5O6S/c1-4-23-16(26)13(24(19(23)31)10-14-18(28)30-21-22(14)2)9-15(25)20-12-7-5-11(6-8-12)17(27)29-3/h5-8,13H,4,9-10H2,1-3H3,(H-,20,21,25,27,28). The fraction of sp³-hybridized carbons (Fsp3) is 0.368. The van der Waals surface area contributed by atoms with Crippen molar-refractivity contribution in [3.63, 3.8) is 0 Å². The van der Waals surface area contributed by atoms with E-state index in [4.69, 9.17) is 12.2 Å². The maximum absolute atomic E-state index is 12.8. The largest absolute Gasteiger partial charge is 0.539 e. The number of carbonyl (C=O) groups excluding carboxylic acids is 3. The highest BCUT2D eigenvalue weighted by Gasteiger charge is 2.44. The maximum Gasteiger partial charge on any atom is 0.337 e. The molecule has 1 aliphatic rings. The molecule has 0 bridgehead atoms.